The third-order valence-corrected chi connectivity index (χ3v) is 0.933. The van der Waals surface area contributed by atoms with E-state index in [0.717, 1.165) is 0 Å². The maximum Gasteiger partial charge on any atom is 0.221 e. The quantitative estimate of drug-likeness (QED) is 0.400. The molecule has 0 saturated carbocycles. The topological polar surface area (TPSA) is 68.9 Å². The van der Waals surface area contributed by atoms with Gasteiger partial charge in [-0.3, -0.25) is 4.79 Å². The smallest absolute Gasteiger partial charge is 0.221 e. The predicted octanol–water partition coefficient (Wildman–Crippen LogP) is -0.391. The largest absolute Gasteiger partial charge is 0.368 e. The lowest BCUT2D eigenvalue weighted by Gasteiger charge is -1.89. The molecule has 0 aromatic carbocycles. The van der Waals surface area contributed by atoms with E-state index in [2.05, 4.69) is 21.8 Å². The number of rotatable bonds is 0. The Balaban J connectivity index is 2.96. The van der Waals surface area contributed by atoms with Gasteiger partial charge in [-0.1, -0.05) is 0 Å². The van der Waals surface area contributed by atoms with E-state index in [1.54, 1.807) is 6.07 Å². The summed E-state index contributed by atoms with van der Waals surface area (Å²) in [6, 6.07) is 1.58. The van der Waals surface area contributed by atoms with Crippen molar-refractivity contribution in [2.45, 2.75) is 0 Å². The number of carbonyl (C=O) groups excluding carboxylic acids is 1. The molecular formula is C7H5N3O. The molecule has 0 fully saturated rings. The van der Waals surface area contributed by atoms with Gasteiger partial charge in [-0.15, -0.1) is 0 Å². The Morgan fingerprint density at radius 3 is 3.09 bits per heavy atom. The average Bonchev–Trinajstić information content (AvgIpc) is 2.01. The van der Waals surface area contributed by atoms with Gasteiger partial charge in [0.05, 0.1) is 0 Å². The standard InChI is InChI=1S/C7H5N3O/c8-7-9-4-3-6(10-7)2-1-5-11/h3-5H,(H2,8,9,10). The van der Waals surface area contributed by atoms with Crippen LogP contribution in [-0.4, -0.2) is 16.3 Å². The van der Waals surface area contributed by atoms with Crippen LogP contribution >= 0.6 is 0 Å². The first kappa shape index (κ1) is 7.22. The predicted molar refractivity (Wildman–Crippen MR) is 39.4 cm³/mol. The van der Waals surface area contributed by atoms with Crippen LogP contribution in [0, 0.1) is 11.8 Å². The zero-order valence-corrected chi connectivity index (χ0v) is 5.61. The molecule has 0 aliphatic rings. The van der Waals surface area contributed by atoms with Crippen molar-refractivity contribution >= 4 is 12.2 Å². The Morgan fingerprint density at radius 2 is 2.45 bits per heavy atom. The van der Waals surface area contributed by atoms with Gasteiger partial charge in [0.15, 0.2) is 6.29 Å². The summed E-state index contributed by atoms with van der Waals surface area (Å²) in [4.78, 5) is 17.2. The molecule has 1 rings (SSSR count). The maximum atomic E-state index is 9.81. The summed E-state index contributed by atoms with van der Waals surface area (Å²) in [6.45, 7) is 0. The van der Waals surface area contributed by atoms with E-state index in [4.69, 9.17) is 5.73 Å². The van der Waals surface area contributed by atoms with Gasteiger partial charge in [-0.05, 0) is 17.9 Å². The molecule has 0 unspecified atom stereocenters. The van der Waals surface area contributed by atoms with Gasteiger partial charge in [-0.2, -0.15) is 0 Å². The minimum Gasteiger partial charge on any atom is -0.368 e. The molecule has 2 N–H and O–H groups in total. The van der Waals surface area contributed by atoms with Crippen molar-refractivity contribution < 1.29 is 4.79 Å². The first-order valence-corrected chi connectivity index (χ1v) is 2.86. The summed E-state index contributed by atoms with van der Waals surface area (Å²) in [5.41, 5.74) is 5.70. The molecule has 0 bridgehead atoms. The molecule has 0 saturated heterocycles. The Labute approximate surface area is 63.5 Å². The Morgan fingerprint density at radius 1 is 1.64 bits per heavy atom. The van der Waals surface area contributed by atoms with E-state index < -0.39 is 0 Å². The van der Waals surface area contributed by atoms with Crippen LogP contribution in [0.2, 0.25) is 0 Å². The van der Waals surface area contributed by atoms with Gasteiger partial charge >= 0.3 is 0 Å². The van der Waals surface area contributed by atoms with E-state index in [1.807, 2.05) is 0 Å². The summed E-state index contributed by atoms with van der Waals surface area (Å²) in [7, 11) is 0. The molecule has 1 aromatic rings. The second-order valence-corrected chi connectivity index (χ2v) is 1.69. The third kappa shape index (κ3) is 2.06. The molecule has 0 aliphatic heterocycles. The van der Waals surface area contributed by atoms with Crippen molar-refractivity contribution in [3.8, 4) is 11.8 Å². The fourth-order valence-corrected chi connectivity index (χ4v) is 0.547. The highest BCUT2D eigenvalue weighted by Crippen LogP contribution is 1.92. The molecule has 4 heteroatoms. The molecule has 1 aromatic heterocycles. The molecule has 0 atom stereocenters. The lowest BCUT2D eigenvalue weighted by molar-refractivity contribution is -0.103. The number of aldehydes is 1. The highest BCUT2D eigenvalue weighted by Gasteiger charge is 1.88. The fourth-order valence-electron chi connectivity index (χ4n) is 0.547. The SMILES string of the molecule is Nc1nccc(C#CC=O)n1. The second kappa shape index (κ2) is 3.32. The van der Waals surface area contributed by atoms with Crippen molar-refractivity contribution in [1.29, 1.82) is 0 Å². The van der Waals surface area contributed by atoms with E-state index in [-0.39, 0.29) is 5.95 Å². The molecular weight excluding hydrogens is 142 g/mol. The number of hydrogen-bond acceptors (Lipinski definition) is 4. The monoisotopic (exact) mass is 147 g/mol. The second-order valence-electron chi connectivity index (χ2n) is 1.69. The van der Waals surface area contributed by atoms with Crippen LogP contribution in [0.25, 0.3) is 0 Å². The number of nitrogens with zero attached hydrogens (tertiary/aromatic N) is 2. The van der Waals surface area contributed by atoms with Crippen molar-refractivity contribution in [2.24, 2.45) is 0 Å². The first-order valence-electron chi connectivity index (χ1n) is 2.86. The summed E-state index contributed by atoms with van der Waals surface area (Å²) >= 11 is 0. The normalized spacial score (nSPS) is 8.00. The van der Waals surface area contributed by atoms with Gasteiger partial charge in [0, 0.05) is 6.20 Å². The minimum atomic E-state index is 0.155. The van der Waals surface area contributed by atoms with Crippen molar-refractivity contribution in [3.63, 3.8) is 0 Å². The van der Waals surface area contributed by atoms with Crippen LogP contribution in [0.3, 0.4) is 0 Å². The van der Waals surface area contributed by atoms with Crippen LogP contribution in [0.5, 0.6) is 0 Å². The van der Waals surface area contributed by atoms with Gasteiger partial charge in [0.25, 0.3) is 0 Å². The lowest BCUT2D eigenvalue weighted by atomic mass is 10.4. The highest BCUT2D eigenvalue weighted by atomic mass is 16.1. The molecule has 1 heterocycles. The van der Waals surface area contributed by atoms with Gasteiger partial charge in [0.1, 0.15) is 5.69 Å². The Bertz CT molecular complexity index is 324. The van der Waals surface area contributed by atoms with E-state index >= 15 is 0 Å². The molecule has 0 radical (unpaired) electrons. The summed E-state index contributed by atoms with van der Waals surface area (Å²) in [5.74, 6) is 4.86. The van der Waals surface area contributed by atoms with E-state index in [9.17, 15) is 4.79 Å². The molecule has 0 amide bonds. The van der Waals surface area contributed by atoms with E-state index in [1.165, 1.54) is 6.20 Å². The summed E-state index contributed by atoms with van der Waals surface area (Å²) < 4.78 is 0. The molecule has 0 spiro atoms. The van der Waals surface area contributed by atoms with Crippen molar-refractivity contribution in [2.75, 3.05) is 5.73 Å². The van der Waals surface area contributed by atoms with Crippen LogP contribution < -0.4 is 5.73 Å². The van der Waals surface area contributed by atoms with Crippen LogP contribution in [0.15, 0.2) is 12.3 Å². The molecule has 4 nitrogen and oxygen atoms in total. The number of aromatic nitrogens is 2. The zero-order chi connectivity index (χ0) is 8.10. The Hall–Kier alpha value is -1.89. The first-order chi connectivity index (χ1) is 5.33. The van der Waals surface area contributed by atoms with Crippen LogP contribution in [0.1, 0.15) is 5.69 Å². The molecule has 11 heavy (non-hydrogen) atoms. The molecule has 0 aliphatic carbocycles. The number of carbonyl (C=O) groups is 1. The Kier molecular flexibility index (Phi) is 2.18. The zero-order valence-electron chi connectivity index (χ0n) is 5.61. The van der Waals surface area contributed by atoms with Crippen LogP contribution in [-0.2, 0) is 4.79 Å². The minimum absolute atomic E-state index is 0.155. The maximum absolute atomic E-state index is 9.81. The lowest BCUT2D eigenvalue weighted by Crippen LogP contribution is -1.94. The molecule has 54 valence electrons. The number of nitrogen functional groups attached to an aromatic ring is 1. The van der Waals surface area contributed by atoms with Crippen molar-refractivity contribution in [1.82, 2.24) is 9.97 Å². The third-order valence-electron chi connectivity index (χ3n) is 0.933. The highest BCUT2D eigenvalue weighted by molar-refractivity contribution is 5.73. The van der Waals surface area contributed by atoms with Gasteiger partial charge in [0.2, 0.25) is 5.95 Å². The van der Waals surface area contributed by atoms with E-state index in [0.29, 0.717) is 12.0 Å². The number of hydrogen-bond donors (Lipinski definition) is 1. The van der Waals surface area contributed by atoms with Gasteiger partial charge < -0.3 is 5.73 Å². The fraction of sp³-hybridized carbons (Fsp3) is 0. The summed E-state index contributed by atoms with van der Waals surface area (Å²) in [6.07, 6.45) is 1.98. The number of nitrogens with two attached hydrogens (primary N) is 1. The van der Waals surface area contributed by atoms with Crippen molar-refractivity contribution in [3.05, 3.63) is 18.0 Å². The number of anilines is 1. The summed E-state index contributed by atoms with van der Waals surface area (Å²) in [5, 5.41) is 0. The average molecular weight is 147 g/mol. The van der Waals surface area contributed by atoms with Gasteiger partial charge in [-0.25, -0.2) is 9.97 Å². The van der Waals surface area contributed by atoms with Crippen LogP contribution in [0.4, 0.5) is 5.95 Å².